The second-order valence-electron chi connectivity index (χ2n) is 4.45. The number of carbonyl (C=O) groups is 2. The number of nitrogens with zero attached hydrogens (tertiary/aromatic N) is 4. The minimum Gasteiger partial charge on any atom is -0.477 e. The Hall–Kier alpha value is -2.05. The first-order valence-electron chi connectivity index (χ1n) is 5.67. The van der Waals surface area contributed by atoms with Gasteiger partial charge in [-0.2, -0.15) is 5.10 Å². The average molecular weight is 252 g/mol. The number of aromatic carboxylic acids is 1. The molecular formula is C11H16N4O3. The van der Waals surface area contributed by atoms with Crippen molar-refractivity contribution in [3.05, 3.63) is 11.3 Å². The van der Waals surface area contributed by atoms with Gasteiger partial charge in [-0.05, 0) is 6.92 Å². The van der Waals surface area contributed by atoms with E-state index in [-0.39, 0.29) is 18.0 Å². The Bertz CT molecular complexity index is 509. The van der Waals surface area contributed by atoms with E-state index in [9.17, 15) is 14.7 Å². The molecule has 1 aliphatic heterocycles. The summed E-state index contributed by atoms with van der Waals surface area (Å²) in [7, 11) is 3.43. The van der Waals surface area contributed by atoms with Gasteiger partial charge in [0.25, 0.3) is 0 Å². The van der Waals surface area contributed by atoms with E-state index < -0.39 is 5.97 Å². The van der Waals surface area contributed by atoms with Gasteiger partial charge in [0.2, 0.25) is 5.91 Å². The van der Waals surface area contributed by atoms with Crippen LogP contribution in [-0.4, -0.2) is 58.3 Å². The molecule has 2 heterocycles. The molecule has 1 aromatic rings. The van der Waals surface area contributed by atoms with Gasteiger partial charge in [-0.3, -0.25) is 9.48 Å². The molecule has 0 aromatic carbocycles. The molecule has 1 amide bonds. The van der Waals surface area contributed by atoms with Crippen molar-refractivity contribution in [3.63, 3.8) is 0 Å². The lowest BCUT2D eigenvalue weighted by Gasteiger charge is -2.33. The van der Waals surface area contributed by atoms with Crippen molar-refractivity contribution in [1.29, 1.82) is 0 Å². The Morgan fingerprint density at radius 1 is 1.33 bits per heavy atom. The van der Waals surface area contributed by atoms with Crippen LogP contribution in [0.1, 0.15) is 16.1 Å². The molecule has 98 valence electrons. The van der Waals surface area contributed by atoms with Crippen molar-refractivity contribution in [3.8, 4) is 0 Å². The fraction of sp³-hybridized carbons (Fsp3) is 0.545. The molecule has 7 nitrogen and oxygen atoms in total. The number of rotatable bonds is 2. The van der Waals surface area contributed by atoms with E-state index in [1.54, 1.807) is 30.8 Å². The summed E-state index contributed by atoms with van der Waals surface area (Å²) < 4.78 is 1.53. The number of piperazine rings is 1. The molecule has 1 fully saturated rings. The molecule has 0 aliphatic carbocycles. The van der Waals surface area contributed by atoms with Crippen LogP contribution in [-0.2, 0) is 11.8 Å². The molecule has 18 heavy (non-hydrogen) atoms. The van der Waals surface area contributed by atoms with Crippen molar-refractivity contribution < 1.29 is 14.7 Å². The summed E-state index contributed by atoms with van der Waals surface area (Å²) in [4.78, 5) is 26.4. The quantitative estimate of drug-likeness (QED) is 0.782. The lowest BCUT2D eigenvalue weighted by Crippen LogP contribution is -2.49. The molecule has 1 N–H and O–H groups in total. The number of likely N-dealkylation sites (N-methyl/N-ethyl adjacent to an activating group) is 1. The summed E-state index contributed by atoms with van der Waals surface area (Å²) in [5.41, 5.74) is 0.640. The highest BCUT2D eigenvalue weighted by molar-refractivity contribution is 5.96. The number of aromatic nitrogens is 2. The zero-order valence-corrected chi connectivity index (χ0v) is 10.7. The van der Waals surface area contributed by atoms with Crippen molar-refractivity contribution in [2.75, 3.05) is 31.6 Å². The molecule has 0 saturated carbocycles. The lowest BCUT2D eigenvalue weighted by molar-refractivity contribution is -0.129. The van der Waals surface area contributed by atoms with Gasteiger partial charge in [0, 0.05) is 27.2 Å². The van der Waals surface area contributed by atoms with Gasteiger partial charge >= 0.3 is 5.97 Å². The molecular weight excluding hydrogens is 236 g/mol. The highest BCUT2D eigenvalue weighted by Crippen LogP contribution is 2.24. The molecule has 1 aliphatic rings. The number of anilines is 1. The number of aryl methyl sites for hydroxylation is 2. The van der Waals surface area contributed by atoms with Crippen molar-refractivity contribution in [2.24, 2.45) is 7.05 Å². The SMILES string of the molecule is Cc1nn(C)c(N2CCN(C)C(=O)C2)c1C(=O)O. The summed E-state index contributed by atoms with van der Waals surface area (Å²) in [6.45, 7) is 3.05. The molecule has 0 bridgehead atoms. The van der Waals surface area contributed by atoms with E-state index in [1.165, 1.54) is 4.68 Å². The summed E-state index contributed by atoms with van der Waals surface area (Å²) in [5, 5.41) is 13.4. The van der Waals surface area contributed by atoms with Crippen LogP contribution in [0.5, 0.6) is 0 Å². The van der Waals surface area contributed by atoms with Crippen LogP contribution in [0.15, 0.2) is 0 Å². The molecule has 0 unspecified atom stereocenters. The Kier molecular flexibility index (Phi) is 2.98. The van der Waals surface area contributed by atoms with E-state index in [1.807, 2.05) is 0 Å². The topological polar surface area (TPSA) is 78.7 Å². The van der Waals surface area contributed by atoms with Gasteiger partial charge in [-0.25, -0.2) is 4.79 Å². The minimum absolute atomic E-state index is 0.0172. The van der Waals surface area contributed by atoms with Crippen LogP contribution in [0.3, 0.4) is 0 Å². The van der Waals surface area contributed by atoms with Crippen LogP contribution >= 0.6 is 0 Å². The largest absolute Gasteiger partial charge is 0.477 e. The molecule has 1 aromatic heterocycles. The van der Waals surface area contributed by atoms with Gasteiger partial charge in [-0.1, -0.05) is 0 Å². The first kappa shape index (κ1) is 12.4. The summed E-state index contributed by atoms with van der Waals surface area (Å²) in [6, 6.07) is 0. The zero-order chi connectivity index (χ0) is 13.4. The standard InChI is InChI=1S/C11H16N4O3/c1-7-9(11(17)18)10(14(3)12-7)15-5-4-13(2)8(16)6-15/h4-6H2,1-3H3,(H,17,18). The van der Waals surface area contributed by atoms with Crippen LogP contribution in [0, 0.1) is 6.92 Å². The number of carboxylic acids is 1. The smallest absolute Gasteiger partial charge is 0.341 e. The van der Waals surface area contributed by atoms with Crippen LogP contribution in [0.2, 0.25) is 0 Å². The normalized spacial score (nSPS) is 16.3. The number of hydrogen-bond donors (Lipinski definition) is 1. The van der Waals surface area contributed by atoms with Gasteiger partial charge in [0.15, 0.2) is 0 Å². The van der Waals surface area contributed by atoms with Crippen molar-refractivity contribution in [2.45, 2.75) is 6.92 Å². The third kappa shape index (κ3) is 1.92. The third-order valence-corrected chi connectivity index (χ3v) is 3.16. The minimum atomic E-state index is -1.01. The summed E-state index contributed by atoms with van der Waals surface area (Å²) in [5.74, 6) is -0.528. The maximum Gasteiger partial charge on any atom is 0.341 e. The maximum atomic E-state index is 11.7. The van der Waals surface area contributed by atoms with E-state index in [0.717, 1.165) is 0 Å². The molecule has 1 saturated heterocycles. The second kappa shape index (κ2) is 4.32. The van der Waals surface area contributed by atoms with Crippen LogP contribution in [0.4, 0.5) is 5.82 Å². The highest BCUT2D eigenvalue weighted by Gasteiger charge is 2.29. The zero-order valence-electron chi connectivity index (χ0n) is 10.7. The van der Waals surface area contributed by atoms with Crippen molar-refractivity contribution in [1.82, 2.24) is 14.7 Å². The number of carboxylic acid groups (broad SMARTS) is 1. The molecule has 2 rings (SSSR count). The first-order valence-corrected chi connectivity index (χ1v) is 5.67. The molecule has 0 radical (unpaired) electrons. The van der Waals surface area contributed by atoms with E-state index in [0.29, 0.717) is 24.6 Å². The Balaban J connectivity index is 2.39. The van der Waals surface area contributed by atoms with E-state index in [2.05, 4.69) is 5.10 Å². The Labute approximate surface area is 105 Å². The predicted octanol–water partition coefficient (Wildman–Crippen LogP) is -0.295. The van der Waals surface area contributed by atoms with Crippen LogP contribution in [0.25, 0.3) is 0 Å². The Morgan fingerprint density at radius 3 is 2.56 bits per heavy atom. The summed E-state index contributed by atoms with van der Waals surface area (Å²) in [6.07, 6.45) is 0. The van der Waals surface area contributed by atoms with Crippen LogP contribution < -0.4 is 4.90 Å². The fourth-order valence-corrected chi connectivity index (χ4v) is 2.20. The van der Waals surface area contributed by atoms with Gasteiger partial charge in [0.05, 0.1) is 12.2 Å². The molecule has 0 spiro atoms. The monoisotopic (exact) mass is 252 g/mol. The lowest BCUT2D eigenvalue weighted by atomic mass is 10.2. The van der Waals surface area contributed by atoms with Gasteiger partial charge in [0.1, 0.15) is 11.4 Å². The third-order valence-electron chi connectivity index (χ3n) is 3.16. The number of carbonyl (C=O) groups excluding carboxylic acids is 1. The highest BCUT2D eigenvalue weighted by atomic mass is 16.4. The number of amides is 1. The fourth-order valence-electron chi connectivity index (χ4n) is 2.20. The first-order chi connectivity index (χ1) is 8.41. The Morgan fingerprint density at radius 2 is 2.00 bits per heavy atom. The van der Waals surface area contributed by atoms with E-state index >= 15 is 0 Å². The van der Waals surface area contributed by atoms with E-state index in [4.69, 9.17) is 0 Å². The second-order valence-corrected chi connectivity index (χ2v) is 4.45. The molecule has 0 atom stereocenters. The van der Waals surface area contributed by atoms with Crippen molar-refractivity contribution >= 4 is 17.7 Å². The number of hydrogen-bond acceptors (Lipinski definition) is 4. The molecule has 7 heteroatoms. The average Bonchev–Trinajstić information content (AvgIpc) is 2.57. The predicted molar refractivity (Wildman–Crippen MR) is 64.8 cm³/mol. The van der Waals surface area contributed by atoms with Gasteiger partial charge in [-0.15, -0.1) is 0 Å². The summed E-state index contributed by atoms with van der Waals surface area (Å²) >= 11 is 0. The maximum absolute atomic E-state index is 11.7. The van der Waals surface area contributed by atoms with Gasteiger partial charge < -0.3 is 14.9 Å².